The second-order valence-electron chi connectivity index (χ2n) is 7.61. The molecule has 2 heterocycles. The Kier molecular flexibility index (Phi) is 6.80. The molecule has 2 aliphatic rings. The number of nitro groups is 1. The van der Waals surface area contributed by atoms with Crippen molar-refractivity contribution in [2.45, 2.75) is 30.5 Å². The van der Waals surface area contributed by atoms with Crippen LogP contribution in [0.5, 0.6) is 0 Å². The van der Waals surface area contributed by atoms with Gasteiger partial charge >= 0.3 is 5.97 Å². The fourth-order valence-electron chi connectivity index (χ4n) is 3.66. The standard InChI is InChI=1S/C23H20ClN3O5S/c1-14(12-24)20(23(29)32-13-16-7-9-17(10-8-16)27(30)31)26-21(28)19-22(26)33-18(25-19)11-15-5-3-2-4-6-15/h2-10,19-20,22H,1,11-13H2. The molecule has 1 amide bonds. The number of β-lactam (4-membered cyclic amide) rings is 1. The number of benzene rings is 2. The molecule has 3 atom stereocenters. The number of thioether (sulfide) groups is 1. The average molecular weight is 486 g/mol. The fraction of sp³-hybridized carbons (Fsp3) is 0.261. The van der Waals surface area contributed by atoms with Crippen LogP contribution < -0.4 is 0 Å². The first-order valence-corrected chi connectivity index (χ1v) is 11.5. The number of non-ortho nitro benzene ring substituents is 1. The van der Waals surface area contributed by atoms with Crippen molar-refractivity contribution in [1.82, 2.24) is 4.90 Å². The molecule has 0 radical (unpaired) electrons. The monoisotopic (exact) mass is 485 g/mol. The van der Waals surface area contributed by atoms with Gasteiger partial charge in [-0.15, -0.1) is 11.6 Å². The first-order chi connectivity index (χ1) is 15.9. The van der Waals surface area contributed by atoms with E-state index in [0.717, 1.165) is 10.6 Å². The number of carbonyl (C=O) groups excluding carboxylic acids is 2. The summed E-state index contributed by atoms with van der Waals surface area (Å²) in [5.74, 6) is -0.928. The van der Waals surface area contributed by atoms with Crippen LogP contribution in [0.15, 0.2) is 71.7 Å². The zero-order chi connectivity index (χ0) is 23.5. The first kappa shape index (κ1) is 23.0. The second-order valence-corrected chi connectivity index (χ2v) is 9.07. The van der Waals surface area contributed by atoms with Gasteiger partial charge in [0.25, 0.3) is 11.6 Å². The molecule has 1 fully saturated rings. The number of halogens is 1. The van der Waals surface area contributed by atoms with Gasteiger partial charge in [0.05, 0.1) is 9.97 Å². The molecule has 4 rings (SSSR count). The highest BCUT2D eigenvalue weighted by Gasteiger charge is 2.56. The van der Waals surface area contributed by atoms with Gasteiger partial charge in [-0.05, 0) is 28.8 Å². The molecule has 2 aromatic carbocycles. The van der Waals surface area contributed by atoms with E-state index in [0.29, 0.717) is 17.6 Å². The van der Waals surface area contributed by atoms with Gasteiger partial charge in [-0.25, -0.2) is 4.79 Å². The van der Waals surface area contributed by atoms with E-state index in [-0.39, 0.29) is 29.5 Å². The smallest absolute Gasteiger partial charge is 0.333 e. The maximum Gasteiger partial charge on any atom is 0.333 e. The van der Waals surface area contributed by atoms with E-state index in [1.165, 1.54) is 40.9 Å². The molecule has 2 aliphatic heterocycles. The molecular weight excluding hydrogens is 466 g/mol. The minimum Gasteiger partial charge on any atom is -0.459 e. The maximum atomic E-state index is 12.9. The third kappa shape index (κ3) is 4.79. The van der Waals surface area contributed by atoms with E-state index >= 15 is 0 Å². The highest BCUT2D eigenvalue weighted by Crippen LogP contribution is 2.42. The normalized spacial score (nSPS) is 19.8. The Morgan fingerprint density at radius 3 is 2.55 bits per heavy atom. The third-order valence-electron chi connectivity index (χ3n) is 5.38. The van der Waals surface area contributed by atoms with Crippen LogP contribution in [0.1, 0.15) is 11.1 Å². The topological polar surface area (TPSA) is 102 Å². The van der Waals surface area contributed by atoms with Crippen LogP contribution >= 0.6 is 23.4 Å². The predicted molar refractivity (Wildman–Crippen MR) is 126 cm³/mol. The number of fused-ring (bicyclic) bond motifs is 1. The lowest BCUT2D eigenvalue weighted by Crippen LogP contribution is -2.66. The Morgan fingerprint density at radius 1 is 1.21 bits per heavy atom. The number of hydrogen-bond donors (Lipinski definition) is 0. The van der Waals surface area contributed by atoms with Crippen LogP contribution in [0.25, 0.3) is 0 Å². The number of esters is 1. The van der Waals surface area contributed by atoms with Crippen molar-refractivity contribution >= 4 is 46.0 Å². The van der Waals surface area contributed by atoms with E-state index in [9.17, 15) is 19.7 Å². The average Bonchev–Trinajstić information content (AvgIpc) is 3.20. The molecule has 0 aliphatic carbocycles. The number of rotatable bonds is 9. The SMILES string of the molecule is C=C(CCl)C(C(=O)OCc1ccc([N+](=O)[O-])cc1)N1C(=O)C2N=C(Cc3ccccc3)SC21. The minimum atomic E-state index is -1.02. The van der Waals surface area contributed by atoms with Gasteiger partial charge in [0.15, 0.2) is 12.1 Å². The Balaban J connectivity index is 1.42. The maximum absolute atomic E-state index is 12.9. The Hall–Kier alpha value is -3.17. The van der Waals surface area contributed by atoms with Crippen LogP contribution in [0.4, 0.5) is 5.69 Å². The number of nitrogens with zero attached hydrogens (tertiary/aromatic N) is 3. The summed E-state index contributed by atoms with van der Waals surface area (Å²) >= 11 is 7.42. The number of aliphatic imine (C=N–C) groups is 1. The molecule has 0 N–H and O–H groups in total. The fourth-order valence-corrected chi connectivity index (χ4v) is 5.16. The lowest BCUT2D eigenvalue weighted by atomic mass is 10.00. The van der Waals surface area contributed by atoms with Crippen LogP contribution in [-0.2, 0) is 27.4 Å². The van der Waals surface area contributed by atoms with Crippen molar-refractivity contribution in [3.63, 3.8) is 0 Å². The molecule has 170 valence electrons. The Bertz CT molecular complexity index is 1120. The lowest BCUT2D eigenvalue weighted by Gasteiger charge is -2.45. The van der Waals surface area contributed by atoms with Crippen molar-refractivity contribution in [2.24, 2.45) is 4.99 Å². The van der Waals surface area contributed by atoms with Crippen molar-refractivity contribution in [3.8, 4) is 0 Å². The highest BCUT2D eigenvalue weighted by molar-refractivity contribution is 8.14. The summed E-state index contributed by atoms with van der Waals surface area (Å²) in [5.41, 5.74) is 1.98. The van der Waals surface area contributed by atoms with E-state index < -0.39 is 23.0 Å². The van der Waals surface area contributed by atoms with E-state index in [1.807, 2.05) is 30.3 Å². The highest BCUT2D eigenvalue weighted by atomic mass is 35.5. The summed E-state index contributed by atoms with van der Waals surface area (Å²) < 4.78 is 5.42. The molecule has 33 heavy (non-hydrogen) atoms. The number of carbonyl (C=O) groups is 2. The number of likely N-dealkylation sites (tertiary alicyclic amines) is 1. The number of hydrogen-bond acceptors (Lipinski definition) is 7. The summed E-state index contributed by atoms with van der Waals surface area (Å²) in [6.45, 7) is 3.78. The van der Waals surface area contributed by atoms with Crippen molar-refractivity contribution in [2.75, 3.05) is 5.88 Å². The van der Waals surface area contributed by atoms with Gasteiger partial charge in [-0.2, -0.15) is 0 Å². The van der Waals surface area contributed by atoms with E-state index in [1.54, 1.807) is 0 Å². The molecule has 3 unspecified atom stereocenters. The number of amides is 1. The molecule has 0 saturated carbocycles. The van der Waals surface area contributed by atoms with Crippen molar-refractivity contribution in [1.29, 1.82) is 0 Å². The zero-order valence-corrected chi connectivity index (χ0v) is 19.0. The van der Waals surface area contributed by atoms with Gasteiger partial charge in [-0.1, -0.05) is 48.7 Å². The van der Waals surface area contributed by atoms with Crippen LogP contribution in [0, 0.1) is 10.1 Å². The van der Waals surface area contributed by atoms with Gasteiger partial charge in [0, 0.05) is 24.4 Å². The molecular formula is C23H20ClN3O5S. The zero-order valence-electron chi connectivity index (χ0n) is 17.4. The van der Waals surface area contributed by atoms with Crippen molar-refractivity contribution < 1.29 is 19.2 Å². The first-order valence-electron chi connectivity index (χ1n) is 10.1. The number of nitro benzene ring substituents is 1. The molecule has 8 nitrogen and oxygen atoms in total. The van der Waals surface area contributed by atoms with Crippen LogP contribution in [-0.4, -0.2) is 50.1 Å². The van der Waals surface area contributed by atoms with Gasteiger partial charge in [0.2, 0.25) is 0 Å². The molecule has 0 bridgehead atoms. The van der Waals surface area contributed by atoms with Gasteiger partial charge < -0.3 is 9.64 Å². The summed E-state index contributed by atoms with van der Waals surface area (Å²) in [6, 6.07) is 14.0. The Morgan fingerprint density at radius 2 is 1.91 bits per heavy atom. The lowest BCUT2D eigenvalue weighted by molar-refractivity contribution is -0.384. The minimum absolute atomic E-state index is 0.0130. The predicted octanol–water partition coefficient (Wildman–Crippen LogP) is 3.73. The van der Waals surface area contributed by atoms with E-state index in [4.69, 9.17) is 16.3 Å². The summed E-state index contributed by atoms with van der Waals surface area (Å²) in [5, 5.41) is 11.3. The largest absolute Gasteiger partial charge is 0.459 e. The van der Waals surface area contributed by atoms with Crippen molar-refractivity contribution in [3.05, 3.63) is 88.0 Å². The quantitative estimate of drug-likeness (QED) is 0.134. The number of alkyl halides is 1. The third-order valence-corrected chi connectivity index (χ3v) is 6.97. The van der Waals surface area contributed by atoms with Crippen LogP contribution in [0.3, 0.4) is 0 Å². The van der Waals surface area contributed by atoms with Gasteiger partial charge in [0.1, 0.15) is 12.0 Å². The molecule has 10 heteroatoms. The van der Waals surface area contributed by atoms with Gasteiger partial charge in [-0.3, -0.25) is 19.9 Å². The molecule has 2 aromatic rings. The van der Waals surface area contributed by atoms with Crippen LogP contribution in [0.2, 0.25) is 0 Å². The molecule has 0 spiro atoms. The number of ether oxygens (including phenoxy) is 1. The second kappa shape index (κ2) is 9.76. The molecule has 0 aromatic heterocycles. The summed E-state index contributed by atoms with van der Waals surface area (Å²) in [7, 11) is 0. The Labute approximate surface area is 199 Å². The summed E-state index contributed by atoms with van der Waals surface area (Å²) in [6.07, 6.45) is 0.616. The van der Waals surface area contributed by atoms with E-state index in [2.05, 4.69) is 11.6 Å². The summed E-state index contributed by atoms with van der Waals surface area (Å²) in [4.78, 5) is 42.0. The molecule has 1 saturated heterocycles.